The lowest BCUT2D eigenvalue weighted by Gasteiger charge is -2.50. The number of hydrogen-bond acceptors (Lipinski definition) is 4. The molecule has 0 aromatic heterocycles. The van der Waals surface area contributed by atoms with E-state index in [0.29, 0.717) is 24.5 Å². The quantitative estimate of drug-likeness (QED) is 0.124. The molecule has 4 nitrogen and oxygen atoms in total. The van der Waals surface area contributed by atoms with Crippen LogP contribution in [0.1, 0.15) is 60.6 Å². The van der Waals surface area contributed by atoms with Gasteiger partial charge in [-0.15, -0.1) is 19.9 Å². The van der Waals surface area contributed by atoms with Gasteiger partial charge in [0.05, 0.1) is 24.7 Å². The molecule has 0 saturated carbocycles. The molecule has 3 aromatic carbocycles. The number of aromatic hydroxyl groups is 2. The van der Waals surface area contributed by atoms with E-state index in [1.807, 2.05) is 42.3 Å². The molecule has 2 N–H and O–H groups in total. The van der Waals surface area contributed by atoms with Crippen LogP contribution in [0, 0.1) is 12.1 Å². The smallest absolute Gasteiger partial charge is 0.163 e. The zero-order chi connectivity index (χ0) is 29.6. The second-order valence-corrected chi connectivity index (χ2v) is 14.1. The summed E-state index contributed by atoms with van der Waals surface area (Å²) in [7, 11) is -8.16. The van der Waals surface area contributed by atoms with E-state index in [9.17, 15) is 30.1 Å². The molecule has 1 aliphatic rings. The second kappa shape index (κ2) is 11.7. The first-order valence-electron chi connectivity index (χ1n) is 13.4. The first-order valence-corrected chi connectivity index (χ1v) is 15.8. The second-order valence-electron chi connectivity index (χ2n) is 10.4. The van der Waals surface area contributed by atoms with Gasteiger partial charge in [-0.05, 0) is 67.1 Å². The van der Waals surface area contributed by atoms with Crippen molar-refractivity contribution in [1.82, 2.24) is 0 Å². The van der Waals surface area contributed by atoms with E-state index < -0.39 is 27.8 Å². The molecule has 3 aromatic rings. The lowest BCUT2D eigenvalue weighted by molar-refractivity contribution is 0.247. The lowest BCUT2D eigenvalue weighted by atomic mass is 9.76. The van der Waals surface area contributed by atoms with Gasteiger partial charge in [-0.25, -0.2) is 0 Å². The summed E-state index contributed by atoms with van der Waals surface area (Å²) < 4.78 is 80.0. The Morgan fingerprint density at radius 1 is 0.829 bits per heavy atom. The summed E-state index contributed by atoms with van der Waals surface area (Å²) >= 11 is 0. The van der Waals surface area contributed by atoms with E-state index in [2.05, 4.69) is 0 Å². The Bertz CT molecular complexity index is 1410. The fourth-order valence-corrected chi connectivity index (χ4v) is 6.97. The Kier molecular flexibility index (Phi) is 8.69. The van der Waals surface area contributed by atoms with Crippen LogP contribution in [0.15, 0.2) is 66.7 Å². The maximum Gasteiger partial charge on any atom is 0.163 e. The number of ether oxygens (including phenoxy) is 2. The van der Waals surface area contributed by atoms with Crippen LogP contribution in [-0.4, -0.2) is 34.9 Å². The van der Waals surface area contributed by atoms with E-state index >= 15 is 0 Å². The Morgan fingerprint density at radius 2 is 1.56 bits per heavy atom. The van der Waals surface area contributed by atoms with Crippen molar-refractivity contribution in [3.63, 3.8) is 0 Å². The Labute approximate surface area is 236 Å². The van der Waals surface area contributed by atoms with Crippen molar-refractivity contribution in [2.24, 2.45) is 0 Å². The molecule has 0 spiro atoms. The number of hydrogen-bond donors (Lipinski definition) is 2. The van der Waals surface area contributed by atoms with Crippen LogP contribution in [0.25, 0.3) is 0 Å². The first kappa shape index (κ1) is 30.4. The van der Waals surface area contributed by atoms with Crippen molar-refractivity contribution in [2.75, 3.05) is 24.7 Å². The summed E-state index contributed by atoms with van der Waals surface area (Å²) in [5, 5.41) is 19.7. The Morgan fingerprint density at radius 3 is 2.32 bits per heavy atom. The number of benzene rings is 3. The van der Waals surface area contributed by atoms with Gasteiger partial charge >= 0.3 is 0 Å². The molecule has 2 atom stereocenters. The summed E-state index contributed by atoms with van der Waals surface area (Å²) in [5.41, 5.74) is 2.77. The van der Waals surface area contributed by atoms with Gasteiger partial charge in [0, 0.05) is 29.9 Å². The number of phenols is 2. The van der Waals surface area contributed by atoms with Gasteiger partial charge < -0.3 is 19.7 Å². The summed E-state index contributed by atoms with van der Waals surface area (Å²) in [6.07, 6.45) is 0.270. The molecule has 222 valence electrons. The van der Waals surface area contributed by atoms with Crippen LogP contribution in [0.3, 0.4) is 0 Å². The molecule has 41 heavy (non-hydrogen) atoms. The van der Waals surface area contributed by atoms with Gasteiger partial charge in [0.15, 0.2) is 9.84 Å². The molecule has 1 aliphatic heterocycles. The van der Waals surface area contributed by atoms with Gasteiger partial charge in [0.1, 0.15) is 29.2 Å². The van der Waals surface area contributed by atoms with E-state index in [1.165, 1.54) is 0 Å². The van der Waals surface area contributed by atoms with E-state index in [4.69, 9.17) is 9.47 Å². The van der Waals surface area contributed by atoms with Crippen LogP contribution in [0.2, 0.25) is 0 Å². The molecule has 0 amide bonds. The molecule has 0 aliphatic carbocycles. The highest BCUT2D eigenvalue weighted by Gasteiger charge is 2.60. The van der Waals surface area contributed by atoms with Crippen molar-refractivity contribution in [1.29, 1.82) is 0 Å². The molecular weight excluding hydrogens is 563 g/mol. The van der Waals surface area contributed by atoms with Crippen LogP contribution in [0.4, 0.5) is 19.9 Å². The maximum atomic E-state index is 14.1. The zero-order valence-corrected chi connectivity index (χ0v) is 23.2. The average molecular weight is 597 g/mol. The minimum absolute atomic E-state index is 0.0890. The van der Waals surface area contributed by atoms with Gasteiger partial charge in [-0.1, -0.05) is 36.3 Å². The molecular formula is C31H33F5O4S. The van der Waals surface area contributed by atoms with E-state index in [-0.39, 0.29) is 49.2 Å². The fourth-order valence-electron chi connectivity index (χ4n) is 5.14. The van der Waals surface area contributed by atoms with Gasteiger partial charge in [0.25, 0.3) is 0 Å². The minimum Gasteiger partial charge on any atom is -0.508 e. The Balaban J connectivity index is 1.40. The van der Waals surface area contributed by atoms with Crippen LogP contribution < -0.4 is 9.47 Å². The third-order valence-electron chi connectivity index (χ3n) is 7.17. The fraction of sp³-hybridized carbons (Fsp3) is 0.355. The van der Waals surface area contributed by atoms with Crippen LogP contribution >= 0.6 is 9.84 Å². The van der Waals surface area contributed by atoms with Crippen molar-refractivity contribution >= 4 is 9.84 Å². The SMILES string of the molecule is Oc1ccc(C2COc3cc(O)ccc3C2c2cccc(OCCCCCS(F)(F)(F)(F)CCCC#CF)c2)cc1. The molecule has 2 unspecified atom stereocenters. The van der Waals surface area contributed by atoms with Crippen molar-refractivity contribution in [3.05, 3.63) is 83.4 Å². The highest BCUT2D eigenvalue weighted by molar-refractivity contribution is 8.49. The van der Waals surface area contributed by atoms with Gasteiger partial charge in [-0.3, -0.25) is 0 Å². The highest BCUT2D eigenvalue weighted by Crippen LogP contribution is 2.96. The van der Waals surface area contributed by atoms with Crippen LogP contribution in [0.5, 0.6) is 23.0 Å². The van der Waals surface area contributed by atoms with Crippen molar-refractivity contribution in [2.45, 2.75) is 43.9 Å². The first-order chi connectivity index (χ1) is 19.4. The minimum atomic E-state index is -8.16. The molecule has 0 fully saturated rings. The number of unbranched alkanes of at least 4 members (excludes halogenated alkanes) is 3. The highest BCUT2D eigenvalue weighted by atomic mass is 32.5. The predicted octanol–water partition coefficient (Wildman–Crippen LogP) is 9.08. The van der Waals surface area contributed by atoms with Gasteiger partial charge in [0.2, 0.25) is 0 Å². The third kappa shape index (κ3) is 8.46. The standard InChI is InChI=1S/C31H33F5O4S/c32-16-3-1-5-18-41(33,34,35,36)19-6-2-4-17-39-27-9-7-8-24(20-27)31-28-15-14-26(38)21-30(28)40-22-29(31)23-10-12-25(37)13-11-23/h7-15,20-21,29,31,37-38H,1-2,4-6,17-19,22H2. The maximum absolute atomic E-state index is 14.1. The molecule has 10 heteroatoms. The van der Waals surface area contributed by atoms with Crippen LogP contribution in [-0.2, 0) is 0 Å². The molecule has 0 bridgehead atoms. The normalized spacial score (nSPS) is 18.2. The Hall–Kier alpha value is -3.58. The van der Waals surface area contributed by atoms with Crippen molar-refractivity contribution < 1.29 is 39.6 Å². The molecule has 4 rings (SSSR count). The largest absolute Gasteiger partial charge is 0.508 e. The number of rotatable bonds is 12. The van der Waals surface area contributed by atoms with E-state index in [0.717, 1.165) is 22.9 Å². The summed E-state index contributed by atoms with van der Waals surface area (Å²) in [6.45, 7) is 0.515. The zero-order valence-electron chi connectivity index (χ0n) is 22.4. The summed E-state index contributed by atoms with van der Waals surface area (Å²) in [6, 6.07) is 19.4. The summed E-state index contributed by atoms with van der Waals surface area (Å²) in [5.74, 6) is -0.0309. The average Bonchev–Trinajstić information content (AvgIpc) is 2.92. The van der Waals surface area contributed by atoms with Crippen molar-refractivity contribution in [3.8, 4) is 35.1 Å². The summed E-state index contributed by atoms with van der Waals surface area (Å²) in [4.78, 5) is 0. The topological polar surface area (TPSA) is 58.9 Å². The number of halogens is 5. The third-order valence-corrected chi connectivity index (χ3v) is 9.56. The molecule has 0 radical (unpaired) electrons. The lowest BCUT2D eigenvalue weighted by Crippen LogP contribution is -2.25. The van der Waals surface area contributed by atoms with Gasteiger partial charge in [-0.2, -0.15) is 0 Å². The van der Waals surface area contributed by atoms with E-state index in [1.54, 1.807) is 30.3 Å². The molecule has 1 heterocycles. The number of phenolic OH excluding ortho intramolecular Hbond substituents is 2. The number of fused-ring (bicyclic) bond motifs is 1. The predicted molar refractivity (Wildman–Crippen MR) is 152 cm³/mol. The molecule has 0 saturated heterocycles. The monoisotopic (exact) mass is 596 g/mol.